The zero-order chi connectivity index (χ0) is 20.3. The number of para-hydroxylation sites is 1. The summed E-state index contributed by atoms with van der Waals surface area (Å²) in [6.45, 7) is 8.27. The number of carbonyl (C=O) groups excluding carboxylic acids is 1. The van der Waals surface area contributed by atoms with Crippen molar-refractivity contribution in [2.24, 2.45) is 11.8 Å². The Hall–Kier alpha value is -2.41. The number of nitrogens with zero attached hydrogens (tertiary/aromatic N) is 2. The van der Waals surface area contributed by atoms with E-state index in [4.69, 9.17) is 12.2 Å². The number of nitrogens with one attached hydrogen (secondary N) is 3. The Bertz CT molecular complexity index is 848. The summed E-state index contributed by atoms with van der Waals surface area (Å²) in [5.41, 5.74) is 8.51. The van der Waals surface area contributed by atoms with Crippen LogP contribution in [0.4, 0.5) is 0 Å². The highest BCUT2D eigenvalue weighted by molar-refractivity contribution is 7.80. The summed E-state index contributed by atoms with van der Waals surface area (Å²) in [4.78, 5) is 12.7. The summed E-state index contributed by atoms with van der Waals surface area (Å²) >= 11 is 5.38. The Morgan fingerprint density at radius 3 is 2.57 bits per heavy atom. The molecule has 3 rings (SSSR count). The first-order valence-corrected chi connectivity index (χ1v) is 10.3. The van der Waals surface area contributed by atoms with Gasteiger partial charge in [-0.2, -0.15) is 5.10 Å². The molecule has 1 fully saturated rings. The average Bonchev–Trinajstić information content (AvgIpc) is 2.98. The van der Waals surface area contributed by atoms with E-state index in [9.17, 15) is 4.79 Å². The number of hydrogen-bond donors (Lipinski definition) is 3. The number of aryl methyl sites for hydroxylation is 1. The summed E-state index contributed by atoms with van der Waals surface area (Å²) in [5.74, 6) is 0.988. The Balaban J connectivity index is 1.62. The summed E-state index contributed by atoms with van der Waals surface area (Å²) < 4.78 is 1.78. The van der Waals surface area contributed by atoms with E-state index >= 15 is 0 Å². The van der Waals surface area contributed by atoms with Gasteiger partial charge in [0.15, 0.2) is 5.11 Å². The summed E-state index contributed by atoms with van der Waals surface area (Å²) in [5, 5.41) is 8.32. The molecule has 0 bridgehead atoms. The van der Waals surface area contributed by atoms with Crippen LogP contribution in [0.15, 0.2) is 30.3 Å². The molecule has 2 aromatic rings. The van der Waals surface area contributed by atoms with Crippen LogP contribution in [0.1, 0.15) is 54.9 Å². The number of aromatic nitrogens is 2. The molecule has 0 spiro atoms. The molecule has 6 nitrogen and oxygen atoms in total. The van der Waals surface area contributed by atoms with E-state index in [1.54, 1.807) is 4.68 Å². The van der Waals surface area contributed by atoms with Crippen LogP contribution in [0.25, 0.3) is 5.69 Å². The molecule has 1 aromatic heterocycles. The van der Waals surface area contributed by atoms with Gasteiger partial charge >= 0.3 is 0 Å². The molecule has 0 saturated heterocycles. The maximum atomic E-state index is 12.7. The van der Waals surface area contributed by atoms with Crippen molar-refractivity contribution in [2.75, 3.05) is 0 Å². The largest absolute Gasteiger partial charge is 0.358 e. The molecule has 0 radical (unpaired) electrons. The second-order valence-corrected chi connectivity index (χ2v) is 8.13. The number of hydrogen-bond acceptors (Lipinski definition) is 3. The maximum Gasteiger partial charge on any atom is 0.273 e. The van der Waals surface area contributed by atoms with Crippen molar-refractivity contribution >= 4 is 23.2 Å². The molecule has 1 aliphatic carbocycles. The Morgan fingerprint density at radius 2 is 1.86 bits per heavy atom. The lowest BCUT2D eigenvalue weighted by Gasteiger charge is -2.35. The van der Waals surface area contributed by atoms with Crippen molar-refractivity contribution in [3.8, 4) is 5.69 Å². The SMILES string of the molecule is Cc1nn(-c2ccccc2)c(C)c1C(=O)NNC(=S)N[C@@H]1CCC[C@@H](C)[C@@H]1C. The lowest BCUT2D eigenvalue weighted by molar-refractivity contribution is 0.0942. The number of rotatable bonds is 3. The van der Waals surface area contributed by atoms with E-state index in [1.165, 1.54) is 12.8 Å². The van der Waals surface area contributed by atoms with Crippen molar-refractivity contribution in [3.63, 3.8) is 0 Å². The van der Waals surface area contributed by atoms with E-state index in [0.29, 0.717) is 34.2 Å². The predicted octanol–water partition coefficient (Wildman–Crippen LogP) is 3.42. The number of carbonyl (C=O) groups is 1. The van der Waals surface area contributed by atoms with Gasteiger partial charge in [0, 0.05) is 6.04 Å². The summed E-state index contributed by atoms with van der Waals surface area (Å²) in [7, 11) is 0. The first kappa shape index (κ1) is 20.3. The van der Waals surface area contributed by atoms with Crippen LogP contribution in [0.5, 0.6) is 0 Å². The summed E-state index contributed by atoms with van der Waals surface area (Å²) in [6.07, 6.45) is 3.57. The minimum absolute atomic E-state index is 0.244. The third-order valence-electron chi connectivity index (χ3n) is 5.83. The first-order chi connectivity index (χ1) is 13.4. The third-order valence-corrected chi connectivity index (χ3v) is 6.05. The van der Waals surface area contributed by atoms with Crippen LogP contribution in [0, 0.1) is 25.7 Å². The highest BCUT2D eigenvalue weighted by Gasteiger charge is 2.27. The molecular formula is C21H29N5OS. The van der Waals surface area contributed by atoms with E-state index in [-0.39, 0.29) is 5.91 Å². The van der Waals surface area contributed by atoms with Crippen molar-refractivity contribution < 1.29 is 4.79 Å². The quantitative estimate of drug-likeness (QED) is 0.545. The van der Waals surface area contributed by atoms with Gasteiger partial charge in [-0.1, -0.05) is 44.9 Å². The average molecular weight is 400 g/mol. The van der Waals surface area contributed by atoms with Crippen LogP contribution >= 0.6 is 12.2 Å². The van der Waals surface area contributed by atoms with Crippen molar-refractivity contribution in [2.45, 2.75) is 53.0 Å². The van der Waals surface area contributed by atoms with E-state index in [2.05, 4.69) is 35.1 Å². The topological polar surface area (TPSA) is 71.0 Å². The van der Waals surface area contributed by atoms with Crippen LogP contribution in [0.3, 0.4) is 0 Å². The van der Waals surface area contributed by atoms with Gasteiger partial charge < -0.3 is 5.32 Å². The van der Waals surface area contributed by atoms with Crippen LogP contribution in [-0.2, 0) is 0 Å². The number of thiocarbonyl (C=S) groups is 1. The van der Waals surface area contributed by atoms with Gasteiger partial charge in [0.05, 0.1) is 22.6 Å². The maximum absolute atomic E-state index is 12.7. The second kappa shape index (κ2) is 8.73. The fourth-order valence-corrected chi connectivity index (χ4v) is 4.16. The van der Waals surface area contributed by atoms with Gasteiger partial charge in [-0.25, -0.2) is 4.68 Å². The van der Waals surface area contributed by atoms with Crippen LogP contribution in [0.2, 0.25) is 0 Å². The van der Waals surface area contributed by atoms with E-state index in [1.807, 2.05) is 44.2 Å². The number of benzene rings is 1. The molecule has 0 aliphatic heterocycles. The standard InChI is InChI=1S/C21H29N5OS/c1-13-9-8-12-18(14(13)2)22-21(28)24-23-20(27)19-15(3)25-26(16(19)4)17-10-6-5-7-11-17/h5-7,10-11,13-14,18H,8-9,12H2,1-4H3,(H,23,27)(H2,22,24,28)/t13-,14+,18-/m1/s1. The lowest BCUT2D eigenvalue weighted by Crippen LogP contribution is -2.52. The Morgan fingerprint density at radius 1 is 1.14 bits per heavy atom. The number of amides is 1. The van der Waals surface area contributed by atoms with E-state index < -0.39 is 0 Å². The van der Waals surface area contributed by atoms with Crippen molar-refractivity contribution in [1.29, 1.82) is 0 Å². The molecule has 150 valence electrons. The Labute approximate surface area is 172 Å². The second-order valence-electron chi connectivity index (χ2n) is 7.72. The van der Waals surface area contributed by atoms with Gasteiger partial charge in [0.2, 0.25) is 0 Å². The smallest absolute Gasteiger partial charge is 0.273 e. The molecule has 1 heterocycles. The molecule has 7 heteroatoms. The molecule has 1 saturated carbocycles. The highest BCUT2D eigenvalue weighted by Crippen LogP contribution is 2.29. The minimum atomic E-state index is -0.244. The first-order valence-electron chi connectivity index (χ1n) is 9.87. The van der Waals surface area contributed by atoms with Crippen molar-refractivity contribution in [1.82, 2.24) is 25.9 Å². The van der Waals surface area contributed by atoms with Gasteiger partial charge in [-0.15, -0.1) is 0 Å². The molecule has 1 aromatic carbocycles. The lowest BCUT2D eigenvalue weighted by atomic mass is 9.78. The fraction of sp³-hybridized carbons (Fsp3) is 0.476. The third kappa shape index (κ3) is 4.35. The molecule has 28 heavy (non-hydrogen) atoms. The molecule has 3 N–H and O–H groups in total. The zero-order valence-corrected chi connectivity index (χ0v) is 17.8. The summed E-state index contributed by atoms with van der Waals surface area (Å²) in [6, 6.07) is 10.1. The molecule has 1 aliphatic rings. The van der Waals surface area contributed by atoms with Gasteiger partial charge in [-0.3, -0.25) is 15.6 Å². The monoisotopic (exact) mass is 399 g/mol. The molecule has 0 unspecified atom stereocenters. The zero-order valence-electron chi connectivity index (χ0n) is 17.0. The van der Waals surface area contributed by atoms with Crippen LogP contribution in [-0.4, -0.2) is 26.8 Å². The van der Waals surface area contributed by atoms with Crippen LogP contribution < -0.4 is 16.2 Å². The highest BCUT2D eigenvalue weighted by atomic mass is 32.1. The Kier molecular flexibility index (Phi) is 6.34. The normalized spacial score (nSPS) is 21.8. The van der Waals surface area contributed by atoms with Gasteiger partial charge in [0.25, 0.3) is 5.91 Å². The number of hydrazine groups is 1. The van der Waals surface area contributed by atoms with E-state index in [0.717, 1.165) is 17.8 Å². The molecular weight excluding hydrogens is 370 g/mol. The molecule has 1 amide bonds. The predicted molar refractivity (Wildman–Crippen MR) is 115 cm³/mol. The van der Waals surface area contributed by atoms with Crippen molar-refractivity contribution in [3.05, 3.63) is 47.3 Å². The molecule has 3 atom stereocenters. The minimum Gasteiger partial charge on any atom is -0.358 e. The fourth-order valence-electron chi connectivity index (χ4n) is 3.96. The van der Waals surface area contributed by atoms with Gasteiger partial charge in [-0.05, 0) is 56.5 Å². The van der Waals surface area contributed by atoms with Gasteiger partial charge in [0.1, 0.15) is 0 Å².